The molecule has 2 amide bonds. The third-order valence-electron chi connectivity index (χ3n) is 5.80. The van der Waals surface area contributed by atoms with Crippen molar-refractivity contribution >= 4 is 45.8 Å². The number of halogens is 1. The van der Waals surface area contributed by atoms with Crippen molar-refractivity contribution in [2.75, 3.05) is 43.8 Å². The van der Waals surface area contributed by atoms with E-state index in [2.05, 4.69) is 15.4 Å². The summed E-state index contributed by atoms with van der Waals surface area (Å²) in [6.07, 6.45) is 0. The number of rotatable bonds is 6. The molecular weight excluding hydrogens is 469 g/mol. The van der Waals surface area contributed by atoms with Gasteiger partial charge >= 0.3 is 0 Å². The van der Waals surface area contributed by atoms with E-state index < -0.39 is 0 Å². The first-order chi connectivity index (χ1) is 17.0. The lowest BCUT2D eigenvalue weighted by atomic mass is 10.2. The van der Waals surface area contributed by atoms with Gasteiger partial charge in [-0.1, -0.05) is 23.9 Å². The molecule has 35 heavy (non-hydrogen) atoms. The maximum Gasteiger partial charge on any atom is 0.238 e. The van der Waals surface area contributed by atoms with Crippen LogP contribution in [-0.4, -0.2) is 79.7 Å². The molecule has 0 unspecified atom stereocenters. The third kappa shape index (κ3) is 5.25. The molecule has 5 rings (SSSR count). The van der Waals surface area contributed by atoms with Crippen LogP contribution in [0.4, 0.5) is 10.1 Å². The number of thioether (sulfide) groups is 1. The van der Waals surface area contributed by atoms with Crippen molar-refractivity contribution in [2.45, 2.75) is 12.1 Å². The summed E-state index contributed by atoms with van der Waals surface area (Å²) in [5, 5.41) is 8.77. The van der Waals surface area contributed by atoms with Crippen molar-refractivity contribution in [3.05, 3.63) is 60.2 Å². The molecule has 0 aliphatic carbocycles. The average molecular weight is 494 g/mol. The van der Waals surface area contributed by atoms with Crippen molar-refractivity contribution in [1.82, 2.24) is 29.4 Å². The van der Waals surface area contributed by atoms with Crippen LogP contribution in [0.2, 0.25) is 0 Å². The fraction of sp³-hybridized carbons (Fsp3) is 0.292. The number of amides is 2. The molecule has 0 atom stereocenters. The lowest BCUT2D eigenvalue weighted by Gasteiger charge is -2.34. The second-order valence-electron chi connectivity index (χ2n) is 8.31. The number of nitrogens with zero attached hydrogens (tertiary/aromatic N) is 6. The van der Waals surface area contributed by atoms with Crippen molar-refractivity contribution in [3.63, 3.8) is 0 Å². The summed E-state index contributed by atoms with van der Waals surface area (Å²) in [7, 11) is 0. The van der Waals surface area contributed by atoms with Crippen molar-refractivity contribution in [1.29, 1.82) is 0 Å². The predicted molar refractivity (Wildman–Crippen MR) is 132 cm³/mol. The highest BCUT2D eigenvalue weighted by atomic mass is 32.2. The maximum absolute atomic E-state index is 13.0. The van der Waals surface area contributed by atoms with Crippen LogP contribution in [0.1, 0.15) is 5.82 Å². The Labute approximate surface area is 205 Å². The van der Waals surface area contributed by atoms with E-state index in [9.17, 15) is 14.0 Å². The Bertz CT molecular complexity index is 1380. The molecule has 2 aromatic carbocycles. The quantitative estimate of drug-likeness (QED) is 0.326. The highest BCUT2D eigenvalue weighted by Gasteiger charge is 2.23. The summed E-state index contributed by atoms with van der Waals surface area (Å²) >= 11 is 1.35. The zero-order valence-electron chi connectivity index (χ0n) is 19.1. The molecule has 4 aromatic rings. The number of aromatic nitrogens is 4. The first-order valence-corrected chi connectivity index (χ1v) is 12.3. The van der Waals surface area contributed by atoms with Crippen LogP contribution in [0.3, 0.4) is 0 Å². The minimum absolute atomic E-state index is 0.0189. The molecule has 1 N–H and O–H groups in total. The lowest BCUT2D eigenvalue weighted by Crippen LogP contribution is -2.50. The molecular formula is C24H24FN7O2S. The Morgan fingerprint density at radius 3 is 2.54 bits per heavy atom. The van der Waals surface area contributed by atoms with Crippen LogP contribution in [0.25, 0.3) is 16.6 Å². The minimum atomic E-state index is -0.348. The molecule has 3 heterocycles. The van der Waals surface area contributed by atoms with E-state index in [1.807, 2.05) is 41.0 Å². The number of benzene rings is 2. The van der Waals surface area contributed by atoms with Crippen LogP contribution in [-0.2, 0) is 9.59 Å². The van der Waals surface area contributed by atoms with E-state index in [4.69, 9.17) is 4.98 Å². The smallest absolute Gasteiger partial charge is 0.238 e. The van der Waals surface area contributed by atoms with Crippen LogP contribution in [0.5, 0.6) is 0 Å². The van der Waals surface area contributed by atoms with Gasteiger partial charge in [-0.25, -0.2) is 14.4 Å². The van der Waals surface area contributed by atoms with E-state index in [1.165, 1.54) is 36.0 Å². The van der Waals surface area contributed by atoms with Gasteiger partial charge in [0, 0.05) is 37.3 Å². The summed E-state index contributed by atoms with van der Waals surface area (Å²) in [6.45, 7) is 4.36. The Morgan fingerprint density at radius 2 is 1.77 bits per heavy atom. The largest absolute Gasteiger partial charge is 0.339 e. The summed E-state index contributed by atoms with van der Waals surface area (Å²) < 4.78 is 14.7. The Balaban J connectivity index is 1.15. The molecule has 2 aromatic heterocycles. The van der Waals surface area contributed by atoms with E-state index in [0.29, 0.717) is 42.8 Å². The zero-order chi connectivity index (χ0) is 24.4. The SMILES string of the molecule is Cc1nc2c3ccccc3nc(SCC(=O)N3CCN(CC(=O)Nc4ccc(F)cc4)CC3)n2n1. The number of anilines is 1. The number of hydrogen-bond acceptors (Lipinski definition) is 7. The second kappa shape index (κ2) is 9.96. The second-order valence-corrected chi connectivity index (χ2v) is 9.25. The molecule has 11 heteroatoms. The van der Waals surface area contributed by atoms with Crippen LogP contribution >= 0.6 is 11.8 Å². The molecule has 0 saturated carbocycles. The summed E-state index contributed by atoms with van der Waals surface area (Å²) in [5.74, 6) is 0.395. The molecule has 1 aliphatic heterocycles. The number of piperazine rings is 1. The molecule has 1 saturated heterocycles. The highest BCUT2D eigenvalue weighted by Crippen LogP contribution is 2.24. The third-order valence-corrected chi connectivity index (χ3v) is 6.71. The summed E-state index contributed by atoms with van der Waals surface area (Å²) in [6, 6.07) is 13.4. The fourth-order valence-corrected chi connectivity index (χ4v) is 4.88. The van der Waals surface area contributed by atoms with Crippen LogP contribution in [0, 0.1) is 12.7 Å². The zero-order valence-corrected chi connectivity index (χ0v) is 20.0. The number of nitrogens with one attached hydrogen (secondary N) is 1. The Hall–Kier alpha value is -3.57. The van der Waals surface area contributed by atoms with E-state index >= 15 is 0 Å². The van der Waals surface area contributed by atoms with Gasteiger partial charge in [-0.2, -0.15) is 4.52 Å². The molecule has 180 valence electrons. The molecule has 0 radical (unpaired) electrons. The van der Waals surface area contributed by atoms with Gasteiger partial charge in [0.1, 0.15) is 11.6 Å². The van der Waals surface area contributed by atoms with E-state index in [1.54, 1.807) is 4.52 Å². The number of hydrogen-bond donors (Lipinski definition) is 1. The molecule has 0 bridgehead atoms. The Kier molecular flexibility index (Phi) is 6.60. The first kappa shape index (κ1) is 23.2. The number of fused-ring (bicyclic) bond motifs is 3. The van der Waals surface area contributed by atoms with Gasteiger partial charge < -0.3 is 10.2 Å². The van der Waals surface area contributed by atoms with Crippen LogP contribution < -0.4 is 5.32 Å². The standard InChI is InChI=1S/C24H24FN7O2S/c1-16-26-23-19-4-2-3-5-20(19)28-24(32(23)29-16)35-15-22(34)31-12-10-30(11-13-31)14-21(33)27-18-8-6-17(25)7-9-18/h2-9H,10-15H2,1H3,(H,27,33). The Morgan fingerprint density at radius 1 is 1.03 bits per heavy atom. The lowest BCUT2D eigenvalue weighted by molar-refractivity contribution is -0.130. The number of aryl methyl sites for hydroxylation is 1. The molecule has 1 fully saturated rings. The molecule has 0 spiro atoms. The van der Waals surface area contributed by atoms with E-state index in [0.717, 1.165) is 16.6 Å². The first-order valence-electron chi connectivity index (χ1n) is 11.3. The molecule has 1 aliphatic rings. The van der Waals surface area contributed by atoms with E-state index in [-0.39, 0.29) is 29.9 Å². The monoisotopic (exact) mass is 493 g/mol. The topological polar surface area (TPSA) is 95.7 Å². The average Bonchev–Trinajstić information content (AvgIpc) is 3.26. The molecule has 9 nitrogen and oxygen atoms in total. The number of carbonyl (C=O) groups excluding carboxylic acids is 2. The number of para-hydroxylation sites is 1. The van der Waals surface area contributed by atoms with Crippen molar-refractivity contribution < 1.29 is 14.0 Å². The van der Waals surface area contributed by atoms with Gasteiger partial charge in [0.25, 0.3) is 0 Å². The highest BCUT2D eigenvalue weighted by molar-refractivity contribution is 7.99. The van der Waals surface area contributed by atoms with Crippen LogP contribution in [0.15, 0.2) is 53.7 Å². The van der Waals surface area contributed by atoms with Gasteiger partial charge in [0.2, 0.25) is 11.8 Å². The number of carbonyl (C=O) groups is 2. The van der Waals surface area contributed by atoms with Gasteiger partial charge in [0.15, 0.2) is 10.8 Å². The van der Waals surface area contributed by atoms with Gasteiger partial charge in [-0.15, -0.1) is 5.10 Å². The van der Waals surface area contributed by atoms with Crippen molar-refractivity contribution in [2.24, 2.45) is 0 Å². The van der Waals surface area contributed by atoms with Crippen molar-refractivity contribution in [3.8, 4) is 0 Å². The van der Waals surface area contributed by atoms with Gasteiger partial charge in [-0.05, 0) is 43.3 Å². The summed E-state index contributed by atoms with van der Waals surface area (Å²) in [4.78, 5) is 38.2. The normalized spacial score (nSPS) is 14.5. The van der Waals surface area contributed by atoms with Gasteiger partial charge in [-0.3, -0.25) is 14.5 Å². The minimum Gasteiger partial charge on any atom is -0.339 e. The maximum atomic E-state index is 13.0. The predicted octanol–water partition coefficient (Wildman–Crippen LogP) is 2.60. The summed E-state index contributed by atoms with van der Waals surface area (Å²) in [5.41, 5.74) is 2.10. The van der Waals surface area contributed by atoms with Gasteiger partial charge in [0.05, 0.1) is 17.8 Å². The fourth-order valence-electron chi connectivity index (χ4n) is 4.04.